The largest absolute Gasteiger partial charge is 0.368 e. The topological polar surface area (TPSA) is 48.5 Å². The Morgan fingerprint density at radius 2 is 1.81 bits per heavy atom. The van der Waals surface area contributed by atoms with Crippen molar-refractivity contribution >= 4 is 17.3 Å². The number of rotatable bonds is 5. The van der Waals surface area contributed by atoms with Crippen LogP contribution in [-0.4, -0.2) is 48.5 Å². The highest BCUT2D eigenvalue weighted by molar-refractivity contribution is 6.04. The average Bonchev–Trinajstić information content (AvgIpc) is 2.68. The number of amides is 1. The van der Waals surface area contributed by atoms with E-state index in [1.54, 1.807) is 6.20 Å². The SMILES string of the molecule is CCN1CCN(c2cncc(C(=O)Nc3ccc(C(C)C)cc3)c2)CC1. The van der Waals surface area contributed by atoms with Gasteiger partial charge in [-0.15, -0.1) is 0 Å². The molecule has 1 aromatic heterocycles. The van der Waals surface area contributed by atoms with Crippen LogP contribution in [0.4, 0.5) is 11.4 Å². The molecule has 0 aliphatic carbocycles. The van der Waals surface area contributed by atoms with Crippen LogP contribution >= 0.6 is 0 Å². The van der Waals surface area contributed by atoms with Crippen LogP contribution in [0.5, 0.6) is 0 Å². The number of nitrogens with one attached hydrogen (secondary N) is 1. The second-order valence-electron chi connectivity index (χ2n) is 7.08. The van der Waals surface area contributed by atoms with Crippen molar-refractivity contribution in [3.63, 3.8) is 0 Å². The summed E-state index contributed by atoms with van der Waals surface area (Å²) in [5.41, 5.74) is 3.68. The fraction of sp³-hybridized carbons (Fsp3) is 0.429. The molecule has 1 N–H and O–H groups in total. The molecule has 5 nitrogen and oxygen atoms in total. The third kappa shape index (κ3) is 4.41. The van der Waals surface area contributed by atoms with E-state index in [-0.39, 0.29) is 5.91 Å². The first-order valence-corrected chi connectivity index (χ1v) is 9.40. The number of carbonyl (C=O) groups is 1. The van der Waals surface area contributed by atoms with Crippen molar-refractivity contribution < 1.29 is 4.79 Å². The molecule has 0 spiro atoms. The van der Waals surface area contributed by atoms with Crippen molar-refractivity contribution in [1.29, 1.82) is 0 Å². The van der Waals surface area contributed by atoms with E-state index in [2.05, 4.69) is 53.0 Å². The van der Waals surface area contributed by atoms with Crippen LogP contribution in [0.2, 0.25) is 0 Å². The minimum absolute atomic E-state index is 0.121. The summed E-state index contributed by atoms with van der Waals surface area (Å²) in [7, 11) is 0. The monoisotopic (exact) mass is 352 g/mol. The number of carbonyl (C=O) groups excluding carboxylic acids is 1. The maximum Gasteiger partial charge on any atom is 0.257 e. The molecule has 5 heteroatoms. The number of hydrogen-bond acceptors (Lipinski definition) is 4. The van der Waals surface area contributed by atoms with Crippen molar-refractivity contribution in [2.24, 2.45) is 0 Å². The lowest BCUT2D eigenvalue weighted by molar-refractivity contribution is 0.102. The summed E-state index contributed by atoms with van der Waals surface area (Å²) in [5.74, 6) is 0.359. The third-order valence-corrected chi connectivity index (χ3v) is 5.01. The zero-order valence-corrected chi connectivity index (χ0v) is 15.9. The van der Waals surface area contributed by atoms with Crippen molar-refractivity contribution in [2.75, 3.05) is 42.9 Å². The molecular formula is C21H28N4O. The number of aromatic nitrogens is 1. The second kappa shape index (κ2) is 8.32. The van der Waals surface area contributed by atoms with Gasteiger partial charge in [-0.05, 0) is 36.2 Å². The van der Waals surface area contributed by atoms with E-state index in [9.17, 15) is 4.79 Å². The first-order valence-electron chi connectivity index (χ1n) is 9.40. The number of likely N-dealkylation sites (N-methyl/N-ethyl adjacent to an activating group) is 1. The minimum atomic E-state index is -0.121. The summed E-state index contributed by atoms with van der Waals surface area (Å²) >= 11 is 0. The summed E-state index contributed by atoms with van der Waals surface area (Å²) in [4.78, 5) is 21.6. The van der Waals surface area contributed by atoms with E-state index in [1.165, 1.54) is 5.56 Å². The molecule has 0 bridgehead atoms. The van der Waals surface area contributed by atoms with Gasteiger partial charge in [0.2, 0.25) is 0 Å². The molecule has 0 unspecified atom stereocenters. The number of piperazine rings is 1. The number of anilines is 2. The fourth-order valence-corrected chi connectivity index (χ4v) is 3.20. The fourth-order valence-electron chi connectivity index (χ4n) is 3.20. The van der Waals surface area contributed by atoms with Gasteiger partial charge in [-0.25, -0.2) is 0 Å². The zero-order valence-electron chi connectivity index (χ0n) is 15.9. The molecule has 3 rings (SSSR count). The Balaban J connectivity index is 1.66. The average molecular weight is 352 g/mol. The Morgan fingerprint density at radius 3 is 2.42 bits per heavy atom. The summed E-state index contributed by atoms with van der Waals surface area (Å²) in [6.45, 7) is 11.6. The maximum absolute atomic E-state index is 12.6. The summed E-state index contributed by atoms with van der Waals surface area (Å²) in [5, 5.41) is 2.97. The molecule has 2 aromatic rings. The lowest BCUT2D eigenvalue weighted by atomic mass is 10.0. The van der Waals surface area contributed by atoms with Crippen LogP contribution in [0.1, 0.15) is 42.6 Å². The van der Waals surface area contributed by atoms with Crippen molar-refractivity contribution in [2.45, 2.75) is 26.7 Å². The van der Waals surface area contributed by atoms with Gasteiger partial charge in [0.15, 0.2) is 0 Å². The molecule has 1 aromatic carbocycles. The molecule has 1 amide bonds. The van der Waals surface area contributed by atoms with Crippen LogP contribution < -0.4 is 10.2 Å². The molecular weight excluding hydrogens is 324 g/mol. The summed E-state index contributed by atoms with van der Waals surface area (Å²) in [6, 6.07) is 9.96. The maximum atomic E-state index is 12.6. The molecule has 1 aliphatic rings. The van der Waals surface area contributed by atoms with E-state index in [1.807, 2.05) is 24.4 Å². The highest BCUT2D eigenvalue weighted by Gasteiger charge is 2.17. The second-order valence-corrected chi connectivity index (χ2v) is 7.08. The van der Waals surface area contributed by atoms with E-state index >= 15 is 0 Å². The molecule has 26 heavy (non-hydrogen) atoms. The Hall–Kier alpha value is -2.40. The first kappa shape index (κ1) is 18.4. The van der Waals surface area contributed by atoms with Crippen LogP contribution in [0.3, 0.4) is 0 Å². The van der Waals surface area contributed by atoms with Gasteiger partial charge in [0.1, 0.15) is 0 Å². The third-order valence-electron chi connectivity index (χ3n) is 5.01. The van der Waals surface area contributed by atoms with Crippen molar-refractivity contribution in [3.8, 4) is 0 Å². The molecule has 2 heterocycles. The van der Waals surface area contributed by atoms with E-state index in [0.717, 1.165) is 44.1 Å². The molecule has 1 aliphatic heterocycles. The molecule has 138 valence electrons. The number of benzene rings is 1. The van der Waals surface area contributed by atoms with Gasteiger partial charge in [-0.3, -0.25) is 9.78 Å². The summed E-state index contributed by atoms with van der Waals surface area (Å²) < 4.78 is 0. The molecule has 0 atom stereocenters. The van der Waals surface area contributed by atoms with E-state index < -0.39 is 0 Å². The standard InChI is InChI=1S/C21H28N4O/c1-4-24-9-11-25(12-10-24)20-13-18(14-22-15-20)21(26)23-19-7-5-17(6-8-19)16(2)3/h5-8,13-16H,4,9-12H2,1-3H3,(H,23,26). The molecule has 1 fully saturated rings. The van der Waals surface area contributed by atoms with Gasteiger partial charge >= 0.3 is 0 Å². The highest BCUT2D eigenvalue weighted by atomic mass is 16.1. The molecule has 0 radical (unpaired) electrons. The number of nitrogens with zero attached hydrogens (tertiary/aromatic N) is 3. The van der Waals surface area contributed by atoms with Gasteiger partial charge in [0.05, 0.1) is 17.4 Å². The van der Waals surface area contributed by atoms with Gasteiger partial charge < -0.3 is 15.1 Å². The first-order chi connectivity index (χ1) is 12.6. The Labute approximate surface area is 156 Å². The van der Waals surface area contributed by atoms with Gasteiger partial charge in [-0.1, -0.05) is 32.9 Å². The quantitative estimate of drug-likeness (QED) is 0.893. The van der Waals surface area contributed by atoms with Crippen LogP contribution in [0.25, 0.3) is 0 Å². The van der Waals surface area contributed by atoms with Gasteiger partial charge in [0, 0.05) is 38.1 Å². The van der Waals surface area contributed by atoms with Gasteiger partial charge in [-0.2, -0.15) is 0 Å². The lowest BCUT2D eigenvalue weighted by Crippen LogP contribution is -2.46. The van der Waals surface area contributed by atoms with Crippen molar-refractivity contribution in [1.82, 2.24) is 9.88 Å². The Kier molecular flexibility index (Phi) is 5.89. The van der Waals surface area contributed by atoms with Gasteiger partial charge in [0.25, 0.3) is 5.91 Å². The number of hydrogen-bond donors (Lipinski definition) is 1. The zero-order chi connectivity index (χ0) is 18.5. The molecule has 1 saturated heterocycles. The van der Waals surface area contributed by atoms with Crippen LogP contribution in [-0.2, 0) is 0 Å². The predicted octanol–water partition coefficient (Wildman–Crippen LogP) is 3.60. The predicted molar refractivity (Wildman–Crippen MR) is 107 cm³/mol. The van der Waals surface area contributed by atoms with Crippen LogP contribution in [0, 0.1) is 0 Å². The Morgan fingerprint density at radius 1 is 1.12 bits per heavy atom. The van der Waals surface area contributed by atoms with Crippen LogP contribution in [0.15, 0.2) is 42.7 Å². The summed E-state index contributed by atoms with van der Waals surface area (Å²) in [6.07, 6.45) is 3.47. The normalized spacial score (nSPS) is 15.3. The smallest absolute Gasteiger partial charge is 0.257 e. The van der Waals surface area contributed by atoms with Crippen molar-refractivity contribution in [3.05, 3.63) is 53.9 Å². The van der Waals surface area contributed by atoms with E-state index in [0.29, 0.717) is 11.5 Å². The lowest BCUT2D eigenvalue weighted by Gasteiger charge is -2.35. The number of pyridine rings is 1. The minimum Gasteiger partial charge on any atom is -0.368 e. The van der Waals surface area contributed by atoms with E-state index in [4.69, 9.17) is 0 Å². The molecule has 0 saturated carbocycles. The highest BCUT2D eigenvalue weighted by Crippen LogP contribution is 2.20. The Bertz CT molecular complexity index is 734.